The number of halogens is 9. The lowest BCUT2D eigenvalue weighted by atomic mass is 10.1. The maximum absolute atomic E-state index is 15.3. The van der Waals surface area contributed by atoms with E-state index in [1.54, 1.807) is 24.3 Å². The third-order valence-electron chi connectivity index (χ3n) is 12.0. The van der Waals surface area contributed by atoms with Gasteiger partial charge in [-0.3, -0.25) is 9.59 Å². The molecule has 0 aliphatic carbocycles. The van der Waals surface area contributed by atoms with Crippen LogP contribution in [0.15, 0.2) is 91.4 Å². The van der Waals surface area contributed by atoms with Crippen LogP contribution in [0.5, 0.6) is 5.75 Å². The minimum Gasteiger partial charge on any atom is -0.453 e. The zero-order valence-corrected chi connectivity index (χ0v) is 41.6. The van der Waals surface area contributed by atoms with Crippen molar-refractivity contribution in [2.75, 3.05) is 41.5 Å². The molecular formula is C45H39ClF8N10O11S2. The Kier molecular flexibility index (Phi) is 15.4. The summed E-state index contributed by atoms with van der Waals surface area (Å²) >= 11 is 5.97. The highest BCUT2D eigenvalue weighted by molar-refractivity contribution is 7.92. The molecule has 3 aliphatic heterocycles. The van der Waals surface area contributed by atoms with Crippen LogP contribution in [0.3, 0.4) is 0 Å². The number of benzene rings is 4. The number of methoxy groups -OCH3 is 1. The van der Waals surface area contributed by atoms with Gasteiger partial charge in [0.25, 0.3) is 11.8 Å². The van der Waals surface area contributed by atoms with E-state index in [-0.39, 0.29) is 46.0 Å². The number of likely N-dealkylation sites (tertiary alicyclic amines) is 1. The Labute approximate surface area is 434 Å². The molecule has 0 bridgehead atoms. The SMILES string of the molecule is COC(=O)N1CCC(c2nnc(-c3cc4c(cc3F)S(=O)(=O)C[C@H](N)C(=O)N4Cc3ccc(Cl)cc3)o2)C1.NC(c1nnc(-c2cc3c(cc2F)S(=O)(=O)C[C@H](N)C(=O)N3Cc2ccc(OC(F)(F)F)cc2)o1)C(F)(F)F. The molecule has 21 nitrogen and oxygen atoms in total. The van der Waals surface area contributed by atoms with Crippen LogP contribution in [0.25, 0.3) is 22.9 Å². The third-order valence-corrected chi connectivity index (χ3v) is 15.8. The standard InChI is InChI=1S/C24H23ClFN5O6S.C21H16F7N5O5S/c1-36-24(33)30-7-6-14(11-30)21-28-29-22(37-21)16-8-19-20(9-17(16)26)38(34,35)12-18(27)23(32)31(19)10-13-2-4-15(25)5-3-13;22-12-6-15-14(5-11(12)17-31-32-18(37-17)16(30)20(23,24)25)33(19(34)13(29)8-39(15,35)36)7-9-1-3-10(4-2-9)38-21(26,27)28/h2-5,8-9,14,18H,6-7,10-12,27H2,1H3;1-6,13,16H,7-8,29-30H2/t14?,18-;13-,16?/m00/s1. The lowest BCUT2D eigenvalue weighted by molar-refractivity contribution is -0.274. The summed E-state index contributed by atoms with van der Waals surface area (Å²) in [5.74, 6) is -8.10. The van der Waals surface area contributed by atoms with E-state index in [4.69, 9.17) is 42.4 Å². The van der Waals surface area contributed by atoms with Crippen molar-refractivity contribution in [3.8, 4) is 28.7 Å². The molecule has 2 unspecified atom stereocenters. The Balaban J connectivity index is 0.000000204. The molecule has 4 aromatic carbocycles. The average molecular weight is 1150 g/mol. The number of nitrogens with zero attached hydrogens (tertiary/aromatic N) is 7. The van der Waals surface area contributed by atoms with Crippen LogP contribution >= 0.6 is 11.6 Å². The molecule has 3 amide bonds. The lowest BCUT2D eigenvalue weighted by Crippen LogP contribution is -2.45. The van der Waals surface area contributed by atoms with Crippen molar-refractivity contribution in [3.63, 3.8) is 0 Å². The maximum atomic E-state index is 15.3. The first-order valence-electron chi connectivity index (χ1n) is 22.2. The fourth-order valence-corrected chi connectivity index (χ4v) is 11.5. The van der Waals surface area contributed by atoms with E-state index >= 15 is 8.78 Å². The van der Waals surface area contributed by atoms with E-state index in [1.807, 2.05) is 0 Å². The number of ether oxygens (including phenoxy) is 2. The van der Waals surface area contributed by atoms with Gasteiger partial charge in [-0.1, -0.05) is 35.9 Å². The van der Waals surface area contributed by atoms with Crippen molar-refractivity contribution in [1.29, 1.82) is 0 Å². The first-order valence-corrected chi connectivity index (χ1v) is 25.9. The molecule has 0 radical (unpaired) electrons. The third kappa shape index (κ3) is 12.1. The summed E-state index contributed by atoms with van der Waals surface area (Å²) in [6.07, 6.45) is -9.86. The summed E-state index contributed by atoms with van der Waals surface area (Å²) < 4.78 is 177. The van der Waals surface area contributed by atoms with Crippen LogP contribution in [0.4, 0.5) is 51.3 Å². The largest absolute Gasteiger partial charge is 0.573 e. The van der Waals surface area contributed by atoms with Gasteiger partial charge in [0.15, 0.2) is 25.7 Å². The number of aromatic nitrogens is 4. The predicted octanol–water partition coefficient (Wildman–Crippen LogP) is 5.72. The Morgan fingerprint density at radius 2 is 1.23 bits per heavy atom. The summed E-state index contributed by atoms with van der Waals surface area (Å²) in [6, 6.07) is 8.59. The molecule has 6 N–H and O–H groups in total. The van der Waals surface area contributed by atoms with Crippen LogP contribution in [0, 0.1) is 11.6 Å². The molecule has 32 heteroatoms. The van der Waals surface area contributed by atoms with Gasteiger partial charge in [0.1, 0.15) is 17.4 Å². The number of alkyl halides is 6. The summed E-state index contributed by atoms with van der Waals surface area (Å²) in [5, 5.41) is 15.0. The summed E-state index contributed by atoms with van der Waals surface area (Å²) in [7, 11) is -7.19. The predicted molar refractivity (Wildman–Crippen MR) is 251 cm³/mol. The van der Waals surface area contributed by atoms with Crippen LogP contribution in [-0.4, -0.2) is 116 Å². The minimum absolute atomic E-state index is 0.0299. The fourth-order valence-electron chi connectivity index (χ4n) is 8.22. The maximum Gasteiger partial charge on any atom is 0.573 e. The molecule has 0 spiro atoms. The second kappa shape index (κ2) is 21.2. The molecule has 9 rings (SSSR count). The van der Waals surface area contributed by atoms with E-state index in [0.717, 1.165) is 41.3 Å². The smallest absolute Gasteiger partial charge is 0.453 e. The van der Waals surface area contributed by atoms with Gasteiger partial charge in [-0.05, 0) is 66.1 Å². The molecule has 4 atom stereocenters. The van der Waals surface area contributed by atoms with E-state index < -0.39 is 132 Å². The Hall–Kier alpha value is -7.32. The van der Waals surface area contributed by atoms with Crippen LogP contribution < -0.4 is 31.7 Å². The normalized spacial score (nSPS) is 19.6. The number of hydrogen-bond acceptors (Lipinski definition) is 18. The van der Waals surface area contributed by atoms with Gasteiger partial charge in [-0.25, -0.2) is 30.4 Å². The molecule has 1 fully saturated rings. The van der Waals surface area contributed by atoms with Crippen molar-refractivity contribution in [3.05, 3.63) is 112 Å². The minimum atomic E-state index is -4.97. The van der Waals surface area contributed by atoms with Crippen LogP contribution in [-0.2, 0) is 47.1 Å². The Morgan fingerprint density at radius 3 is 1.71 bits per heavy atom. The van der Waals surface area contributed by atoms with Gasteiger partial charge in [-0.15, -0.1) is 33.6 Å². The zero-order valence-electron chi connectivity index (χ0n) is 39.3. The number of fused-ring (bicyclic) bond motifs is 2. The van der Waals surface area contributed by atoms with Crippen molar-refractivity contribution in [2.45, 2.75) is 65.9 Å². The van der Waals surface area contributed by atoms with Gasteiger partial charge < -0.3 is 50.2 Å². The Morgan fingerprint density at radius 1 is 0.753 bits per heavy atom. The number of carbonyl (C=O) groups excluding carboxylic acids is 3. The fraction of sp³-hybridized carbons (Fsp3) is 0.311. The number of anilines is 2. The number of sulfone groups is 2. The molecule has 2 aromatic heterocycles. The van der Waals surface area contributed by atoms with Crippen LogP contribution in [0.2, 0.25) is 5.02 Å². The second-order valence-corrected chi connectivity index (χ2v) is 21.8. The number of nitrogens with two attached hydrogens (primary N) is 3. The molecule has 5 heterocycles. The summed E-state index contributed by atoms with van der Waals surface area (Å²) in [6.45, 7) is 0.251. The first-order chi connectivity index (χ1) is 36.0. The lowest BCUT2D eigenvalue weighted by Gasteiger charge is -2.24. The van der Waals surface area contributed by atoms with Crippen molar-refractivity contribution >= 4 is 60.6 Å². The number of rotatable bonds is 9. The number of carbonyl (C=O) groups is 3. The number of amides is 3. The van der Waals surface area contributed by atoms with Crippen molar-refractivity contribution in [2.24, 2.45) is 17.2 Å². The van der Waals surface area contributed by atoms with E-state index in [9.17, 15) is 57.6 Å². The molecule has 1 saturated heterocycles. The molecule has 3 aliphatic rings. The topological polar surface area (TPSA) is 304 Å². The summed E-state index contributed by atoms with van der Waals surface area (Å²) in [4.78, 5) is 40.6. The molecular weight excluding hydrogens is 1110 g/mol. The van der Waals surface area contributed by atoms with Crippen molar-refractivity contribution in [1.82, 2.24) is 25.3 Å². The highest BCUT2D eigenvalue weighted by atomic mass is 35.5. The molecule has 77 heavy (non-hydrogen) atoms. The van der Waals surface area contributed by atoms with Gasteiger partial charge in [0.2, 0.25) is 23.6 Å². The van der Waals surface area contributed by atoms with Gasteiger partial charge >= 0.3 is 18.6 Å². The summed E-state index contributed by atoms with van der Waals surface area (Å²) in [5.41, 5.74) is 16.3. The van der Waals surface area contributed by atoms with E-state index in [0.29, 0.717) is 36.2 Å². The quantitative estimate of drug-likeness (QED) is 0.146. The van der Waals surface area contributed by atoms with Gasteiger partial charge in [0, 0.05) is 18.1 Å². The van der Waals surface area contributed by atoms with Crippen molar-refractivity contribution < 1.29 is 84.7 Å². The molecule has 0 saturated carbocycles. The van der Waals surface area contributed by atoms with E-state index in [2.05, 4.69) is 25.1 Å². The second-order valence-electron chi connectivity index (χ2n) is 17.4. The molecule has 6 aromatic rings. The zero-order chi connectivity index (χ0) is 56.1. The van der Waals surface area contributed by atoms with Gasteiger partial charge in [-0.2, -0.15) is 13.2 Å². The highest BCUT2D eigenvalue weighted by Gasteiger charge is 2.43. The molecule has 410 valence electrons. The number of hydrogen-bond donors (Lipinski definition) is 3. The first kappa shape index (κ1) is 55.9. The van der Waals surface area contributed by atoms with Crippen LogP contribution in [0.1, 0.15) is 41.3 Å². The highest BCUT2D eigenvalue weighted by Crippen LogP contribution is 2.40. The van der Waals surface area contributed by atoms with E-state index in [1.165, 1.54) is 23.0 Å². The Bertz CT molecular complexity index is 3480. The monoisotopic (exact) mass is 1150 g/mol. The average Bonchev–Trinajstić information content (AvgIpc) is 4.23. The van der Waals surface area contributed by atoms with Gasteiger partial charge in [0.05, 0.1) is 82.0 Å².